The zero-order chi connectivity index (χ0) is 11.8. The van der Waals surface area contributed by atoms with Crippen LogP contribution in [-0.2, 0) is 0 Å². The van der Waals surface area contributed by atoms with Gasteiger partial charge in [0.1, 0.15) is 0 Å². The molecule has 3 aliphatic carbocycles. The van der Waals surface area contributed by atoms with Crippen molar-refractivity contribution in [1.82, 2.24) is 10.6 Å². The fourth-order valence-electron chi connectivity index (χ4n) is 4.62. The Bertz CT molecular complexity index is 308. The third-order valence-electron chi connectivity index (χ3n) is 5.14. The van der Waals surface area contributed by atoms with Crippen LogP contribution in [0.1, 0.15) is 32.1 Å². The van der Waals surface area contributed by atoms with Gasteiger partial charge in [-0.05, 0) is 49.4 Å². The van der Waals surface area contributed by atoms with Gasteiger partial charge in [-0.2, -0.15) is 0 Å². The summed E-state index contributed by atoms with van der Waals surface area (Å²) in [5.74, 6) is 3.46. The lowest BCUT2D eigenvalue weighted by Gasteiger charge is -2.32. The second-order valence-electron chi connectivity index (χ2n) is 5.88. The molecule has 5 unspecified atom stereocenters. The molecule has 5 atom stereocenters. The standard InChI is InChI=1S/C13H22N2O2/c16-5-4-14-13(17)15-12-7-8-6-11(12)10-3-1-2-9(8)10/h8-12,16H,1-7H2,(H2,14,15,17). The van der Waals surface area contributed by atoms with Crippen molar-refractivity contribution in [2.24, 2.45) is 23.7 Å². The van der Waals surface area contributed by atoms with Crippen molar-refractivity contribution in [2.45, 2.75) is 38.1 Å². The van der Waals surface area contributed by atoms with Crippen molar-refractivity contribution in [3.63, 3.8) is 0 Å². The molecule has 3 fully saturated rings. The Kier molecular flexibility index (Phi) is 2.99. The average molecular weight is 238 g/mol. The Balaban J connectivity index is 1.55. The van der Waals surface area contributed by atoms with Crippen molar-refractivity contribution in [3.05, 3.63) is 0 Å². The number of aliphatic hydroxyl groups excluding tert-OH is 1. The molecule has 4 heteroatoms. The maximum absolute atomic E-state index is 11.6. The van der Waals surface area contributed by atoms with Crippen LogP contribution in [0.25, 0.3) is 0 Å². The van der Waals surface area contributed by atoms with Crippen LogP contribution in [0.4, 0.5) is 4.79 Å². The van der Waals surface area contributed by atoms with E-state index >= 15 is 0 Å². The summed E-state index contributed by atoms with van der Waals surface area (Å²) in [7, 11) is 0. The zero-order valence-corrected chi connectivity index (χ0v) is 10.2. The SMILES string of the molecule is O=C(NCCO)NC1CC2CC1C1CCCC21. The Morgan fingerprint density at radius 3 is 2.82 bits per heavy atom. The summed E-state index contributed by atoms with van der Waals surface area (Å²) in [6, 6.07) is 0.282. The Morgan fingerprint density at radius 1 is 1.18 bits per heavy atom. The molecular formula is C13H22N2O2. The van der Waals surface area contributed by atoms with E-state index in [1.54, 1.807) is 0 Å². The lowest BCUT2D eigenvalue weighted by atomic mass is 9.79. The van der Waals surface area contributed by atoms with Crippen LogP contribution in [0.5, 0.6) is 0 Å². The average Bonchev–Trinajstić information content (AvgIpc) is 2.96. The van der Waals surface area contributed by atoms with Gasteiger partial charge in [-0.3, -0.25) is 0 Å². The van der Waals surface area contributed by atoms with Crippen LogP contribution in [0, 0.1) is 23.7 Å². The largest absolute Gasteiger partial charge is 0.395 e. The Labute approximate surface area is 102 Å². The van der Waals surface area contributed by atoms with Crippen molar-refractivity contribution in [3.8, 4) is 0 Å². The summed E-state index contributed by atoms with van der Waals surface area (Å²) in [5.41, 5.74) is 0. The molecule has 0 aliphatic heterocycles. The lowest BCUT2D eigenvalue weighted by molar-refractivity contribution is 0.196. The first-order chi connectivity index (χ1) is 8.29. The molecule has 3 aliphatic rings. The third kappa shape index (κ3) is 1.92. The van der Waals surface area contributed by atoms with Gasteiger partial charge in [-0.25, -0.2) is 4.79 Å². The molecule has 0 aromatic heterocycles. The van der Waals surface area contributed by atoms with E-state index in [0.717, 1.165) is 23.7 Å². The predicted octanol–water partition coefficient (Wildman–Crippen LogP) is 1.10. The highest BCUT2D eigenvalue weighted by Gasteiger charge is 2.53. The molecule has 0 heterocycles. The number of carbonyl (C=O) groups is 1. The minimum absolute atomic E-state index is 0.00877. The van der Waals surface area contributed by atoms with Crippen LogP contribution >= 0.6 is 0 Å². The highest BCUT2D eigenvalue weighted by atomic mass is 16.3. The smallest absolute Gasteiger partial charge is 0.315 e. The van der Waals surface area contributed by atoms with E-state index in [9.17, 15) is 4.79 Å². The fourth-order valence-corrected chi connectivity index (χ4v) is 4.62. The summed E-state index contributed by atoms with van der Waals surface area (Å²) in [6.45, 7) is 0.355. The number of nitrogens with one attached hydrogen (secondary N) is 2. The summed E-state index contributed by atoms with van der Waals surface area (Å²) >= 11 is 0. The fraction of sp³-hybridized carbons (Fsp3) is 0.923. The first-order valence-corrected chi connectivity index (χ1v) is 6.95. The zero-order valence-electron chi connectivity index (χ0n) is 10.2. The Hall–Kier alpha value is -0.770. The molecule has 3 N–H and O–H groups in total. The van der Waals surface area contributed by atoms with Gasteiger partial charge in [0, 0.05) is 12.6 Å². The second kappa shape index (κ2) is 4.48. The number of fused-ring (bicyclic) bond motifs is 5. The molecule has 2 bridgehead atoms. The normalized spacial score (nSPS) is 42.5. The van der Waals surface area contributed by atoms with Gasteiger partial charge in [0.15, 0.2) is 0 Å². The van der Waals surface area contributed by atoms with Gasteiger partial charge in [-0.1, -0.05) is 6.42 Å². The lowest BCUT2D eigenvalue weighted by Crippen LogP contribution is -2.47. The van der Waals surface area contributed by atoms with Crippen LogP contribution in [0.2, 0.25) is 0 Å². The first kappa shape index (κ1) is 11.3. The summed E-state index contributed by atoms with van der Waals surface area (Å²) in [6.07, 6.45) is 6.71. The van der Waals surface area contributed by atoms with Gasteiger partial charge < -0.3 is 15.7 Å². The van der Waals surface area contributed by atoms with Crippen LogP contribution in [0.3, 0.4) is 0 Å². The summed E-state index contributed by atoms with van der Waals surface area (Å²) in [5, 5.41) is 14.4. The molecule has 3 saturated carbocycles. The quantitative estimate of drug-likeness (QED) is 0.689. The van der Waals surface area contributed by atoms with Crippen molar-refractivity contribution in [1.29, 1.82) is 0 Å². The topological polar surface area (TPSA) is 61.4 Å². The summed E-state index contributed by atoms with van der Waals surface area (Å²) in [4.78, 5) is 11.6. The highest BCUT2D eigenvalue weighted by Crippen LogP contribution is 2.58. The van der Waals surface area contributed by atoms with E-state index in [4.69, 9.17) is 5.11 Å². The third-order valence-corrected chi connectivity index (χ3v) is 5.14. The van der Waals surface area contributed by atoms with E-state index < -0.39 is 0 Å². The molecule has 0 aromatic carbocycles. The van der Waals surface area contributed by atoms with Gasteiger partial charge in [0.05, 0.1) is 6.61 Å². The Morgan fingerprint density at radius 2 is 2.00 bits per heavy atom. The number of amides is 2. The van der Waals surface area contributed by atoms with Crippen molar-refractivity contribution >= 4 is 6.03 Å². The van der Waals surface area contributed by atoms with Gasteiger partial charge in [0.2, 0.25) is 0 Å². The summed E-state index contributed by atoms with van der Waals surface area (Å²) < 4.78 is 0. The van der Waals surface area contributed by atoms with Crippen LogP contribution < -0.4 is 10.6 Å². The number of carbonyl (C=O) groups excluding carboxylic acids is 1. The monoisotopic (exact) mass is 238 g/mol. The predicted molar refractivity (Wildman–Crippen MR) is 64.5 cm³/mol. The van der Waals surface area contributed by atoms with E-state index in [-0.39, 0.29) is 12.6 Å². The van der Waals surface area contributed by atoms with E-state index in [1.807, 2.05) is 0 Å². The minimum atomic E-state index is -0.105. The molecule has 0 aromatic rings. The van der Waals surface area contributed by atoms with E-state index in [2.05, 4.69) is 10.6 Å². The number of hydrogen-bond donors (Lipinski definition) is 3. The molecule has 0 saturated heterocycles. The van der Waals surface area contributed by atoms with Gasteiger partial charge in [-0.15, -0.1) is 0 Å². The molecule has 96 valence electrons. The van der Waals surface area contributed by atoms with Crippen molar-refractivity contribution < 1.29 is 9.90 Å². The maximum Gasteiger partial charge on any atom is 0.315 e. The first-order valence-electron chi connectivity index (χ1n) is 6.95. The molecular weight excluding hydrogens is 216 g/mol. The molecule has 4 nitrogen and oxygen atoms in total. The molecule has 2 amide bonds. The number of rotatable bonds is 3. The van der Waals surface area contributed by atoms with E-state index in [1.165, 1.54) is 32.1 Å². The van der Waals surface area contributed by atoms with Crippen LogP contribution in [-0.4, -0.2) is 30.3 Å². The number of aliphatic hydroxyl groups is 1. The minimum Gasteiger partial charge on any atom is -0.395 e. The maximum atomic E-state index is 11.6. The van der Waals surface area contributed by atoms with Gasteiger partial charge >= 0.3 is 6.03 Å². The highest BCUT2D eigenvalue weighted by molar-refractivity contribution is 5.74. The molecule has 0 radical (unpaired) electrons. The number of urea groups is 1. The van der Waals surface area contributed by atoms with E-state index in [0.29, 0.717) is 12.6 Å². The second-order valence-corrected chi connectivity index (χ2v) is 5.88. The van der Waals surface area contributed by atoms with Crippen LogP contribution in [0.15, 0.2) is 0 Å². The molecule has 0 spiro atoms. The number of hydrogen-bond acceptors (Lipinski definition) is 2. The van der Waals surface area contributed by atoms with Crippen molar-refractivity contribution in [2.75, 3.05) is 13.2 Å². The molecule has 3 rings (SSSR count). The molecule has 17 heavy (non-hydrogen) atoms. The van der Waals surface area contributed by atoms with Gasteiger partial charge in [0.25, 0.3) is 0 Å².